The molecule has 4 aromatic rings. The molecule has 5 heteroatoms. The van der Waals surface area contributed by atoms with Crippen LogP contribution in [0, 0.1) is 0 Å². The summed E-state index contributed by atoms with van der Waals surface area (Å²) in [6.07, 6.45) is 5.31. The Bertz CT molecular complexity index is 901. The second kappa shape index (κ2) is 5.29. The van der Waals surface area contributed by atoms with Gasteiger partial charge in [-0.2, -0.15) is 0 Å². The van der Waals surface area contributed by atoms with Gasteiger partial charge in [-0.15, -0.1) is 10.2 Å². The first-order valence-corrected chi connectivity index (χ1v) is 6.97. The molecule has 0 amide bonds. The van der Waals surface area contributed by atoms with Gasteiger partial charge in [0.05, 0.1) is 0 Å². The van der Waals surface area contributed by atoms with Gasteiger partial charge in [-0.05, 0) is 12.1 Å². The summed E-state index contributed by atoms with van der Waals surface area (Å²) >= 11 is 0. The molecule has 22 heavy (non-hydrogen) atoms. The van der Waals surface area contributed by atoms with Crippen molar-refractivity contribution in [3.05, 3.63) is 73.3 Å². The van der Waals surface area contributed by atoms with Crippen molar-refractivity contribution in [1.82, 2.24) is 19.7 Å². The summed E-state index contributed by atoms with van der Waals surface area (Å²) in [5.74, 6) is 1.51. The summed E-state index contributed by atoms with van der Waals surface area (Å²) in [4.78, 5) is 4.08. The Morgan fingerprint density at radius 3 is 2.36 bits per heavy atom. The van der Waals surface area contributed by atoms with Crippen molar-refractivity contribution in [3.8, 4) is 5.82 Å². The van der Waals surface area contributed by atoms with Crippen LogP contribution in [0.15, 0.2) is 73.3 Å². The van der Waals surface area contributed by atoms with Crippen molar-refractivity contribution in [2.24, 2.45) is 0 Å². The first kappa shape index (κ1) is 12.5. The van der Waals surface area contributed by atoms with Crippen LogP contribution in [-0.2, 0) is 0 Å². The van der Waals surface area contributed by atoms with E-state index in [4.69, 9.17) is 0 Å². The van der Waals surface area contributed by atoms with Crippen LogP contribution >= 0.6 is 0 Å². The smallest absolute Gasteiger partial charge is 0.168 e. The van der Waals surface area contributed by atoms with E-state index in [1.807, 2.05) is 65.4 Å². The lowest BCUT2D eigenvalue weighted by Crippen LogP contribution is -2.02. The second-order valence-corrected chi connectivity index (χ2v) is 4.88. The van der Waals surface area contributed by atoms with Gasteiger partial charge >= 0.3 is 0 Å². The van der Waals surface area contributed by atoms with Gasteiger partial charge in [-0.25, -0.2) is 4.98 Å². The molecule has 0 unspecified atom stereocenters. The van der Waals surface area contributed by atoms with E-state index in [1.165, 1.54) is 0 Å². The van der Waals surface area contributed by atoms with Crippen LogP contribution in [0.2, 0.25) is 0 Å². The van der Waals surface area contributed by atoms with E-state index >= 15 is 0 Å². The van der Waals surface area contributed by atoms with Crippen molar-refractivity contribution in [2.75, 3.05) is 5.32 Å². The number of benzene rings is 2. The third-order valence-electron chi connectivity index (χ3n) is 3.45. The number of aromatic nitrogens is 4. The van der Waals surface area contributed by atoms with Gasteiger partial charge in [0.15, 0.2) is 11.6 Å². The van der Waals surface area contributed by atoms with Crippen LogP contribution in [0.1, 0.15) is 0 Å². The number of anilines is 2. The van der Waals surface area contributed by atoms with Gasteiger partial charge in [-0.3, -0.25) is 4.57 Å². The van der Waals surface area contributed by atoms with Crippen molar-refractivity contribution in [1.29, 1.82) is 0 Å². The van der Waals surface area contributed by atoms with E-state index < -0.39 is 0 Å². The van der Waals surface area contributed by atoms with Crippen LogP contribution in [0.25, 0.3) is 16.6 Å². The van der Waals surface area contributed by atoms with Gasteiger partial charge in [0.2, 0.25) is 0 Å². The summed E-state index contributed by atoms with van der Waals surface area (Å²) in [6, 6.07) is 18.0. The summed E-state index contributed by atoms with van der Waals surface area (Å²) in [7, 11) is 0. The molecule has 0 atom stereocenters. The Hall–Kier alpha value is -3.21. The number of rotatable bonds is 3. The second-order valence-electron chi connectivity index (χ2n) is 4.88. The molecule has 0 bridgehead atoms. The van der Waals surface area contributed by atoms with Gasteiger partial charge in [0.25, 0.3) is 0 Å². The maximum atomic E-state index is 4.36. The van der Waals surface area contributed by atoms with E-state index in [-0.39, 0.29) is 0 Å². The van der Waals surface area contributed by atoms with Crippen molar-refractivity contribution >= 4 is 22.3 Å². The van der Waals surface area contributed by atoms with Gasteiger partial charge < -0.3 is 5.32 Å². The van der Waals surface area contributed by atoms with Crippen molar-refractivity contribution < 1.29 is 0 Å². The number of hydrogen-bond acceptors (Lipinski definition) is 4. The van der Waals surface area contributed by atoms with Crippen LogP contribution in [0.5, 0.6) is 0 Å². The Morgan fingerprint density at radius 1 is 0.818 bits per heavy atom. The third kappa shape index (κ3) is 2.18. The van der Waals surface area contributed by atoms with E-state index in [9.17, 15) is 0 Å². The molecule has 0 spiro atoms. The lowest BCUT2D eigenvalue weighted by atomic mass is 10.1. The standard InChI is InChI=1S/C17H13N5/c1-2-6-13(7-3-1)19-16-14-8-4-5-9-15(14)17(21-20-16)22-11-10-18-12-22/h1-12H,(H,19,20). The van der Waals surface area contributed by atoms with E-state index in [1.54, 1.807) is 12.5 Å². The van der Waals surface area contributed by atoms with Gasteiger partial charge in [0, 0.05) is 28.9 Å². The molecular weight excluding hydrogens is 274 g/mol. The van der Waals surface area contributed by atoms with Crippen LogP contribution in [0.3, 0.4) is 0 Å². The highest BCUT2D eigenvalue weighted by atomic mass is 15.2. The average molecular weight is 287 g/mol. The van der Waals surface area contributed by atoms with Crippen molar-refractivity contribution in [3.63, 3.8) is 0 Å². The highest BCUT2D eigenvalue weighted by Gasteiger charge is 2.10. The number of nitrogens with zero attached hydrogens (tertiary/aromatic N) is 4. The van der Waals surface area contributed by atoms with Crippen molar-refractivity contribution in [2.45, 2.75) is 0 Å². The molecule has 0 aliphatic carbocycles. The van der Waals surface area contributed by atoms with Gasteiger partial charge in [-0.1, -0.05) is 42.5 Å². The SMILES string of the molecule is c1ccc(Nc2nnc(-n3ccnc3)c3ccccc23)cc1. The number of hydrogen-bond donors (Lipinski definition) is 1. The summed E-state index contributed by atoms with van der Waals surface area (Å²) < 4.78 is 1.86. The molecule has 0 radical (unpaired) electrons. The molecule has 0 saturated heterocycles. The molecule has 106 valence electrons. The van der Waals surface area contributed by atoms with E-state index in [2.05, 4.69) is 20.5 Å². The Balaban J connectivity index is 1.86. The fraction of sp³-hybridized carbons (Fsp3) is 0. The summed E-state index contributed by atoms with van der Waals surface area (Å²) in [6.45, 7) is 0. The normalized spacial score (nSPS) is 10.7. The number of para-hydroxylation sites is 1. The van der Waals surface area contributed by atoms with E-state index in [0.29, 0.717) is 0 Å². The fourth-order valence-corrected chi connectivity index (χ4v) is 2.42. The van der Waals surface area contributed by atoms with Gasteiger partial charge in [0.1, 0.15) is 6.33 Å². The predicted octanol–water partition coefficient (Wildman–Crippen LogP) is 3.56. The zero-order chi connectivity index (χ0) is 14.8. The topological polar surface area (TPSA) is 55.6 Å². The van der Waals surface area contributed by atoms with Crippen LogP contribution in [0.4, 0.5) is 11.5 Å². The first-order valence-electron chi connectivity index (χ1n) is 6.97. The first-order chi connectivity index (χ1) is 10.9. The third-order valence-corrected chi connectivity index (χ3v) is 3.45. The molecule has 0 aliphatic rings. The molecule has 4 rings (SSSR count). The Morgan fingerprint density at radius 2 is 1.59 bits per heavy atom. The monoisotopic (exact) mass is 287 g/mol. The molecule has 2 aromatic heterocycles. The number of fused-ring (bicyclic) bond motifs is 1. The maximum Gasteiger partial charge on any atom is 0.168 e. The highest BCUT2D eigenvalue weighted by molar-refractivity contribution is 5.96. The average Bonchev–Trinajstić information content (AvgIpc) is 3.10. The molecule has 1 N–H and O–H groups in total. The highest BCUT2D eigenvalue weighted by Crippen LogP contribution is 2.27. The number of imidazole rings is 1. The summed E-state index contributed by atoms with van der Waals surface area (Å²) in [5, 5.41) is 14.1. The molecule has 0 saturated carbocycles. The Labute approximate surface area is 127 Å². The molecule has 5 nitrogen and oxygen atoms in total. The zero-order valence-electron chi connectivity index (χ0n) is 11.7. The minimum atomic E-state index is 0.741. The lowest BCUT2D eigenvalue weighted by molar-refractivity contribution is 0.932. The molecule has 2 aromatic carbocycles. The zero-order valence-corrected chi connectivity index (χ0v) is 11.7. The number of nitrogens with one attached hydrogen (secondary N) is 1. The largest absolute Gasteiger partial charge is 0.338 e. The molecule has 0 aliphatic heterocycles. The van der Waals surface area contributed by atoms with Crippen LogP contribution in [-0.4, -0.2) is 19.7 Å². The summed E-state index contributed by atoms with van der Waals surface area (Å²) in [5.41, 5.74) is 0.984. The quantitative estimate of drug-likeness (QED) is 0.626. The minimum Gasteiger partial charge on any atom is -0.338 e. The maximum absolute atomic E-state index is 4.36. The lowest BCUT2D eigenvalue weighted by Gasteiger charge is -2.11. The molecule has 0 fully saturated rings. The van der Waals surface area contributed by atoms with E-state index in [0.717, 1.165) is 28.1 Å². The van der Waals surface area contributed by atoms with Crippen LogP contribution < -0.4 is 5.32 Å². The minimum absolute atomic E-state index is 0.741. The fourth-order valence-electron chi connectivity index (χ4n) is 2.42. The molecular formula is C17H13N5. The molecule has 2 heterocycles. The Kier molecular flexibility index (Phi) is 3.01. The predicted molar refractivity (Wildman–Crippen MR) is 86.4 cm³/mol.